The molecular formula is C19H16BrF2NO4. The predicted molar refractivity (Wildman–Crippen MR) is 97.2 cm³/mol. The minimum absolute atomic E-state index is 0.0119. The summed E-state index contributed by atoms with van der Waals surface area (Å²) in [6.45, 7) is -0.291. The van der Waals surface area contributed by atoms with Gasteiger partial charge < -0.3 is 14.8 Å². The van der Waals surface area contributed by atoms with E-state index in [2.05, 4.69) is 26.0 Å². The van der Waals surface area contributed by atoms with Gasteiger partial charge in [-0.3, -0.25) is 0 Å². The molecule has 1 N–H and O–H groups in total. The van der Waals surface area contributed by atoms with E-state index in [0.717, 1.165) is 4.47 Å². The smallest absolute Gasteiger partial charge is 0.412 e. The Balaban J connectivity index is 1.70. The van der Waals surface area contributed by atoms with E-state index < -0.39 is 23.4 Å². The first-order valence-electron chi connectivity index (χ1n) is 8.06. The van der Waals surface area contributed by atoms with Gasteiger partial charge >= 0.3 is 12.1 Å². The van der Waals surface area contributed by atoms with E-state index in [4.69, 9.17) is 4.74 Å². The Morgan fingerprint density at radius 3 is 2.37 bits per heavy atom. The Labute approximate surface area is 162 Å². The zero-order valence-corrected chi connectivity index (χ0v) is 15.9. The van der Waals surface area contributed by atoms with Crippen LogP contribution in [0.3, 0.4) is 0 Å². The number of hydrogen-bond donors (Lipinski definition) is 1. The SMILES string of the molecule is COC(=O)c1ccccc1OC(=O)NCC1(c2ccc(Br)cc2)CC1(F)F. The van der Waals surface area contributed by atoms with Crippen LogP contribution in [0.25, 0.3) is 0 Å². The number of amides is 1. The highest BCUT2D eigenvalue weighted by molar-refractivity contribution is 9.10. The highest BCUT2D eigenvalue weighted by Crippen LogP contribution is 2.61. The second-order valence-corrected chi connectivity index (χ2v) is 7.12. The summed E-state index contributed by atoms with van der Waals surface area (Å²) in [5.74, 6) is -3.60. The average Bonchev–Trinajstić information content (AvgIpc) is 3.22. The minimum atomic E-state index is -2.92. The largest absolute Gasteiger partial charge is 0.465 e. The molecule has 8 heteroatoms. The van der Waals surface area contributed by atoms with Crippen LogP contribution >= 0.6 is 15.9 Å². The summed E-state index contributed by atoms with van der Waals surface area (Å²) in [7, 11) is 1.20. The Hall–Kier alpha value is -2.48. The van der Waals surface area contributed by atoms with Crippen molar-refractivity contribution in [2.75, 3.05) is 13.7 Å². The molecule has 0 saturated heterocycles. The van der Waals surface area contributed by atoms with Crippen molar-refractivity contribution in [2.24, 2.45) is 0 Å². The van der Waals surface area contributed by atoms with Gasteiger partial charge in [-0.15, -0.1) is 0 Å². The predicted octanol–water partition coefficient (Wildman–Crippen LogP) is 4.30. The summed E-state index contributed by atoms with van der Waals surface area (Å²) in [5, 5.41) is 2.38. The summed E-state index contributed by atoms with van der Waals surface area (Å²) >= 11 is 3.27. The zero-order chi connectivity index (χ0) is 19.7. The van der Waals surface area contributed by atoms with Crippen LogP contribution in [0.4, 0.5) is 13.6 Å². The molecule has 2 aromatic carbocycles. The molecular weight excluding hydrogens is 424 g/mol. The van der Waals surface area contributed by atoms with Gasteiger partial charge in [0.15, 0.2) is 0 Å². The zero-order valence-electron chi connectivity index (χ0n) is 14.3. The second kappa shape index (κ2) is 7.26. The third kappa shape index (κ3) is 3.80. The van der Waals surface area contributed by atoms with Crippen molar-refractivity contribution in [3.8, 4) is 5.75 Å². The molecule has 0 aliphatic heterocycles. The molecule has 0 heterocycles. The van der Waals surface area contributed by atoms with Crippen molar-refractivity contribution in [1.82, 2.24) is 5.32 Å². The Kier molecular flexibility index (Phi) is 5.19. The van der Waals surface area contributed by atoms with Crippen molar-refractivity contribution in [3.05, 3.63) is 64.1 Å². The molecule has 2 aromatic rings. The van der Waals surface area contributed by atoms with Crippen LogP contribution in [0.1, 0.15) is 22.3 Å². The summed E-state index contributed by atoms with van der Waals surface area (Å²) in [6, 6.07) is 12.6. The van der Waals surface area contributed by atoms with Gasteiger partial charge in [-0.25, -0.2) is 18.4 Å². The molecule has 0 aromatic heterocycles. The minimum Gasteiger partial charge on any atom is -0.465 e. The number of nitrogens with one attached hydrogen (secondary N) is 1. The normalized spacial score (nSPS) is 19.9. The fraction of sp³-hybridized carbons (Fsp3) is 0.263. The first-order valence-corrected chi connectivity index (χ1v) is 8.85. The Morgan fingerprint density at radius 1 is 1.15 bits per heavy atom. The summed E-state index contributed by atoms with van der Waals surface area (Å²) in [4.78, 5) is 23.8. The van der Waals surface area contributed by atoms with Crippen LogP contribution in [-0.2, 0) is 10.2 Å². The number of para-hydroxylation sites is 1. The molecule has 5 nitrogen and oxygen atoms in total. The fourth-order valence-electron chi connectivity index (χ4n) is 2.90. The molecule has 1 amide bonds. The topological polar surface area (TPSA) is 64.6 Å². The van der Waals surface area contributed by atoms with Crippen molar-refractivity contribution < 1.29 is 27.8 Å². The van der Waals surface area contributed by atoms with Crippen LogP contribution < -0.4 is 10.1 Å². The van der Waals surface area contributed by atoms with Gasteiger partial charge in [0.05, 0.1) is 12.5 Å². The van der Waals surface area contributed by atoms with E-state index in [1.54, 1.807) is 36.4 Å². The molecule has 1 fully saturated rings. The quantitative estimate of drug-likeness (QED) is 0.705. The highest BCUT2D eigenvalue weighted by Gasteiger charge is 2.71. The number of halogens is 3. The van der Waals surface area contributed by atoms with Crippen LogP contribution in [0, 0.1) is 0 Å². The number of alkyl halides is 2. The molecule has 0 spiro atoms. The Bertz CT molecular complexity index is 872. The Morgan fingerprint density at radius 2 is 1.78 bits per heavy atom. The monoisotopic (exact) mass is 439 g/mol. The van der Waals surface area contributed by atoms with E-state index >= 15 is 0 Å². The first kappa shape index (κ1) is 19.3. The summed E-state index contributed by atoms with van der Waals surface area (Å²) < 4.78 is 38.6. The lowest BCUT2D eigenvalue weighted by atomic mass is 9.95. The van der Waals surface area contributed by atoms with Crippen molar-refractivity contribution >= 4 is 28.0 Å². The third-order valence-electron chi connectivity index (χ3n) is 4.53. The van der Waals surface area contributed by atoms with E-state index in [-0.39, 0.29) is 24.3 Å². The number of carbonyl (C=O) groups is 2. The molecule has 0 radical (unpaired) electrons. The summed E-state index contributed by atoms with van der Waals surface area (Å²) in [6.07, 6.45) is -1.29. The number of benzene rings is 2. The fourth-order valence-corrected chi connectivity index (χ4v) is 3.17. The maximum absolute atomic E-state index is 14.1. The molecule has 27 heavy (non-hydrogen) atoms. The number of hydrogen-bond acceptors (Lipinski definition) is 4. The van der Waals surface area contributed by atoms with Gasteiger partial charge in [0.25, 0.3) is 5.92 Å². The molecule has 1 saturated carbocycles. The van der Waals surface area contributed by atoms with Crippen LogP contribution in [0.5, 0.6) is 5.75 Å². The van der Waals surface area contributed by atoms with Gasteiger partial charge in [-0.05, 0) is 29.8 Å². The van der Waals surface area contributed by atoms with E-state index in [1.165, 1.54) is 19.2 Å². The number of rotatable bonds is 5. The number of methoxy groups -OCH3 is 1. The first-order chi connectivity index (χ1) is 12.8. The van der Waals surface area contributed by atoms with Crippen LogP contribution in [-0.4, -0.2) is 31.6 Å². The maximum atomic E-state index is 14.1. The van der Waals surface area contributed by atoms with Gasteiger partial charge in [-0.2, -0.15) is 0 Å². The lowest BCUT2D eigenvalue weighted by Crippen LogP contribution is -2.37. The molecule has 1 aliphatic carbocycles. The molecule has 1 atom stereocenters. The lowest BCUT2D eigenvalue weighted by molar-refractivity contribution is 0.0598. The second-order valence-electron chi connectivity index (χ2n) is 6.20. The van der Waals surface area contributed by atoms with Gasteiger partial charge in [-0.1, -0.05) is 40.2 Å². The van der Waals surface area contributed by atoms with Crippen molar-refractivity contribution in [2.45, 2.75) is 17.8 Å². The van der Waals surface area contributed by atoms with Crippen LogP contribution in [0.15, 0.2) is 53.0 Å². The molecule has 3 rings (SSSR count). The molecule has 1 unspecified atom stereocenters. The number of esters is 1. The van der Waals surface area contributed by atoms with E-state index in [1.807, 2.05) is 0 Å². The van der Waals surface area contributed by atoms with Gasteiger partial charge in [0.1, 0.15) is 11.3 Å². The highest BCUT2D eigenvalue weighted by atomic mass is 79.9. The van der Waals surface area contributed by atoms with Crippen molar-refractivity contribution in [1.29, 1.82) is 0 Å². The summed E-state index contributed by atoms with van der Waals surface area (Å²) in [5.41, 5.74) is -0.963. The number of carbonyl (C=O) groups excluding carboxylic acids is 2. The van der Waals surface area contributed by atoms with Gasteiger partial charge in [0.2, 0.25) is 0 Å². The van der Waals surface area contributed by atoms with Crippen molar-refractivity contribution in [3.63, 3.8) is 0 Å². The molecule has 1 aliphatic rings. The maximum Gasteiger partial charge on any atom is 0.412 e. The van der Waals surface area contributed by atoms with Crippen LogP contribution in [0.2, 0.25) is 0 Å². The van der Waals surface area contributed by atoms with Gasteiger partial charge in [0, 0.05) is 17.4 Å². The standard InChI is InChI=1S/C19H16BrF2NO4/c1-26-16(24)14-4-2-3-5-15(14)27-17(25)23-11-18(10-19(18,21)22)12-6-8-13(20)9-7-12/h2-9H,10-11H2,1H3,(H,23,25). The lowest BCUT2D eigenvalue weighted by Gasteiger charge is -2.18. The molecule has 0 bridgehead atoms. The van der Waals surface area contributed by atoms with E-state index in [9.17, 15) is 18.4 Å². The number of ether oxygens (including phenoxy) is 2. The third-order valence-corrected chi connectivity index (χ3v) is 5.05. The van der Waals surface area contributed by atoms with E-state index in [0.29, 0.717) is 5.56 Å². The average molecular weight is 440 g/mol. The molecule has 142 valence electrons.